The van der Waals surface area contributed by atoms with Crippen molar-refractivity contribution in [3.63, 3.8) is 0 Å². The Balaban J connectivity index is 1.53. The summed E-state index contributed by atoms with van der Waals surface area (Å²) >= 11 is 0. The van der Waals surface area contributed by atoms with Crippen molar-refractivity contribution in [1.29, 1.82) is 0 Å². The first-order valence-corrected chi connectivity index (χ1v) is 10.4. The van der Waals surface area contributed by atoms with E-state index in [4.69, 9.17) is 0 Å². The van der Waals surface area contributed by atoms with Crippen molar-refractivity contribution in [1.82, 2.24) is 4.90 Å². The summed E-state index contributed by atoms with van der Waals surface area (Å²) < 4.78 is 27.1. The molecular formula is C25H24F2N2O. The smallest absolute Gasteiger partial charge is 0.123 e. The van der Waals surface area contributed by atoms with E-state index in [0.29, 0.717) is 0 Å². The van der Waals surface area contributed by atoms with Gasteiger partial charge in [0, 0.05) is 24.2 Å². The van der Waals surface area contributed by atoms with E-state index in [1.54, 1.807) is 12.1 Å². The first-order valence-electron chi connectivity index (χ1n) is 10.4. The molecule has 154 valence electrons. The summed E-state index contributed by atoms with van der Waals surface area (Å²) in [5.74, 6) is -0.198. The molecule has 30 heavy (non-hydrogen) atoms. The monoisotopic (exact) mass is 406 g/mol. The molecule has 0 aromatic heterocycles. The van der Waals surface area contributed by atoms with Crippen molar-refractivity contribution in [2.24, 2.45) is 5.92 Å². The van der Waals surface area contributed by atoms with Crippen LogP contribution in [0.25, 0.3) is 11.1 Å². The Bertz CT molecular complexity index is 1050. The van der Waals surface area contributed by atoms with E-state index in [1.165, 1.54) is 23.8 Å². The van der Waals surface area contributed by atoms with Gasteiger partial charge in [0.2, 0.25) is 0 Å². The van der Waals surface area contributed by atoms with Gasteiger partial charge in [0.15, 0.2) is 0 Å². The Labute approximate surface area is 175 Å². The molecule has 0 spiro atoms. The SMILES string of the molecule is OC[C@H]1Nc2ccc(-c3cccc(F)c3)cc2[C@@H]2[C@H]1CCN2Cc1ccc(F)cc1. The molecule has 3 atom stereocenters. The van der Waals surface area contributed by atoms with Crippen molar-refractivity contribution >= 4 is 5.69 Å². The Morgan fingerprint density at radius 1 is 0.933 bits per heavy atom. The van der Waals surface area contributed by atoms with Gasteiger partial charge in [-0.2, -0.15) is 0 Å². The van der Waals surface area contributed by atoms with Crippen molar-refractivity contribution in [2.75, 3.05) is 18.5 Å². The maximum absolute atomic E-state index is 13.8. The van der Waals surface area contributed by atoms with E-state index in [2.05, 4.69) is 16.3 Å². The number of nitrogens with one attached hydrogen (secondary N) is 1. The number of nitrogens with zero attached hydrogens (tertiary/aromatic N) is 1. The summed E-state index contributed by atoms with van der Waals surface area (Å²) in [4.78, 5) is 2.41. The number of hydrogen-bond donors (Lipinski definition) is 2. The predicted octanol–water partition coefficient (Wildman–Crippen LogP) is 4.98. The van der Waals surface area contributed by atoms with Crippen LogP contribution in [0.1, 0.15) is 23.6 Å². The van der Waals surface area contributed by atoms with E-state index >= 15 is 0 Å². The lowest BCUT2D eigenvalue weighted by Crippen LogP contribution is -2.41. The van der Waals surface area contributed by atoms with E-state index in [0.717, 1.165) is 41.9 Å². The van der Waals surface area contributed by atoms with Crippen LogP contribution in [-0.2, 0) is 6.54 Å². The summed E-state index contributed by atoms with van der Waals surface area (Å²) in [6.07, 6.45) is 0.980. The highest BCUT2D eigenvalue weighted by Crippen LogP contribution is 2.47. The molecule has 3 aromatic carbocycles. The van der Waals surface area contributed by atoms with Gasteiger partial charge in [-0.3, -0.25) is 4.90 Å². The van der Waals surface area contributed by atoms with Crippen molar-refractivity contribution in [3.8, 4) is 11.1 Å². The molecule has 0 unspecified atom stereocenters. The Kier molecular flexibility index (Phi) is 5.01. The zero-order chi connectivity index (χ0) is 20.7. The molecular weight excluding hydrogens is 382 g/mol. The lowest BCUT2D eigenvalue weighted by atomic mass is 9.82. The Morgan fingerprint density at radius 3 is 2.50 bits per heavy atom. The first kappa shape index (κ1) is 19.2. The van der Waals surface area contributed by atoms with Gasteiger partial charge in [0.05, 0.1) is 12.6 Å². The van der Waals surface area contributed by atoms with Gasteiger partial charge < -0.3 is 10.4 Å². The normalized spacial score (nSPS) is 23.0. The molecule has 0 saturated carbocycles. The topological polar surface area (TPSA) is 35.5 Å². The summed E-state index contributed by atoms with van der Waals surface area (Å²) in [5.41, 5.74) is 5.08. The second kappa shape index (κ2) is 7.82. The predicted molar refractivity (Wildman–Crippen MR) is 114 cm³/mol. The van der Waals surface area contributed by atoms with Gasteiger partial charge in [0.1, 0.15) is 11.6 Å². The minimum absolute atomic E-state index is 0.000683. The fourth-order valence-electron chi connectivity index (χ4n) is 5.01. The fraction of sp³-hybridized carbons (Fsp3) is 0.280. The van der Waals surface area contributed by atoms with Gasteiger partial charge >= 0.3 is 0 Å². The van der Waals surface area contributed by atoms with E-state index in [1.807, 2.05) is 30.3 Å². The molecule has 5 heteroatoms. The molecule has 3 nitrogen and oxygen atoms in total. The highest BCUT2D eigenvalue weighted by molar-refractivity contribution is 5.70. The third-order valence-electron chi connectivity index (χ3n) is 6.43. The molecule has 0 aliphatic carbocycles. The lowest BCUT2D eigenvalue weighted by Gasteiger charge is -2.39. The molecule has 2 heterocycles. The highest BCUT2D eigenvalue weighted by atomic mass is 19.1. The zero-order valence-electron chi connectivity index (χ0n) is 16.6. The number of rotatable bonds is 4. The van der Waals surface area contributed by atoms with Crippen LogP contribution in [0.3, 0.4) is 0 Å². The standard InChI is InChI=1S/C25H24F2N2O/c26-19-7-4-16(5-8-19)14-29-11-10-21-24(15-30)28-23-9-6-18(13-22(23)25(21)29)17-2-1-3-20(27)12-17/h1-9,12-13,21,24-25,28,30H,10-11,14-15H2/t21-,24+,25-/m0/s1. The third kappa shape index (κ3) is 3.48. The summed E-state index contributed by atoms with van der Waals surface area (Å²) in [5, 5.41) is 13.5. The molecule has 2 aliphatic heterocycles. The maximum Gasteiger partial charge on any atom is 0.123 e. The minimum Gasteiger partial charge on any atom is -0.394 e. The van der Waals surface area contributed by atoms with Gasteiger partial charge in [-0.25, -0.2) is 8.78 Å². The highest BCUT2D eigenvalue weighted by Gasteiger charge is 2.43. The van der Waals surface area contributed by atoms with E-state index in [-0.39, 0.29) is 36.2 Å². The van der Waals surface area contributed by atoms with Crippen LogP contribution in [0, 0.1) is 17.6 Å². The first-order chi connectivity index (χ1) is 14.6. The van der Waals surface area contributed by atoms with Crippen molar-refractivity contribution < 1.29 is 13.9 Å². The van der Waals surface area contributed by atoms with Gasteiger partial charge in [-0.05, 0) is 71.6 Å². The van der Waals surface area contributed by atoms with Crippen LogP contribution < -0.4 is 5.32 Å². The summed E-state index contributed by atoms with van der Waals surface area (Å²) in [6, 6.07) is 19.6. The molecule has 0 amide bonds. The number of aliphatic hydroxyl groups excluding tert-OH is 1. The van der Waals surface area contributed by atoms with Crippen LogP contribution in [-0.4, -0.2) is 29.2 Å². The largest absolute Gasteiger partial charge is 0.394 e. The zero-order valence-corrected chi connectivity index (χ0v) is 16.6. The summed E-state index contributed by atoms with van der Waals surface area (Å²) in [7, 11) is 0. The molecule has 1 saturated heterocycles. The van der Waals surface area contributed by atoms with Gasteiger partial charge in [-0.1, -0.05) is 30.3 Å². The number of anilines is 1. The van der Waals surface area contributed by atoms with Crippen LogP contribution in [0.4, 0.5) is 14.5 Å². The molecule has 5 rings (SSSR count). The van der Waals surface area contributed by atoms with Crippen LogP contribution in [0.2, 0.25) is 0 Å². The number of halogens is 2. The number of aliphatic hydroxyl groups is 1. The van der Waals surface area contributed by atoms with Crippen LogP contribution in [0.15, 0.2) is 66.7 Å². The minimum atomic E-state index is -0.250. The average Bonchev–Trinajstić information content (AvgIpc) is 3.18. The van der Waals surface area contributed by atoms with Crippen LogP contribution >= 0.6 is 0 Å². The quantitative estimate of drug-likeness (QED) is 0.641. The average molecular weight is 406 g/mol. The fourth-order valence-corrected chi connectivity index (χ4v) is 5.01. The lowest BCUT2D eigenvalue weighted by molar-refractivity contribution is 0.172. The number of benzene rings is 3. The number of fused-ring (bicyclic) bond motifs is 3. The van der Waals surface area contributed by atoms with Gasteiger partial charge in [0.25, 0.3) is 0 Å². The van der Waals surface area contributed by atoms with E-state index in [9.17, 15) is 13.9 Å². The van der Waals surface area contributed by atoms with Crippen molar-refractivity contribution in [3.05, 3.63) is 89.5 Å². The molecule has 2 aliphatic rings. The maximum atomic E-state index is 13.8. The number of hydrogen-bond acceptors (Lipinski definition) is 3. The molecule has 1 fully saturated rings. The third-order valence-corrected chi connectivity index (χ3v) is 6.43. The molecule has 2 N–H and O–H groups in total. The van der Waals surface area contributed by atoms with Crippen LogP contribution in [0.5, 0.6) is 0 Å². The Morgan fingerprint density at radius 2 is 1.73 bits per heavy atom. The summed E-state index contributed by atoms with van der Waals surface area (Å²) in [6.45, 7) is 1.72. The molecule has 0 bridgehead atoms. The van der Waals surface area contributed by atoms with Crippen molar-refractivity contribution in [2.45, 2.75) is 25.0 Å². The molecule has 0 radical (unpaired) electrons. The second-order valence-electron chi connectivity index (χ2n) is 8.24. The Hall–Kier alpha value is -2.76. The second-order valence-corrected chi connectivity index (χ2v) is 8.24. The number of likely N-dealkylation sites (tertiary alicyclic amines) is 1. The van der Waals surface area contributed by atoms with E-state index < -0.39 is 0 Å². The molecule has 3 aromatic rings. The van der Waals surface area contributed by atoms with Gasteiger partial charge in [-0.15, -0.1) is 0 Å².